The van der Waals surface area contributed by atoms with E-state index < -0.39 is 149 Å². The van der Waals surface area contributed by atoms with E-state index in [4.69, 9.17) is 37.9 Å². The van der Waals surface area contributed by atoms with Crippen LogP contribution in [0.15, 0.2) is 84.9 Å². The molecule has 22 nitrogen and oxygen atoms in total. The number of alkyl carbamates (subject to hydrolysis) is 1. The molecule has 3 aromatic carbocycles. The zero-order valence-corrected chi connectivity index (χ0v) is 46.1. The maximum Gasteiger partial charge on any atom is 0.426 e. The Morgan fingerprint density at radius 1 is 0.861 bits per heavy atom. The number of esters is 4. The monoisotopic (exact) mass is 1120 g/mol. The van der Waals surface area contributed by atoms with Crippen LogP contribution in [0.25, 0.3) is 0 Å². The fraction of sp³-hybridized carbons (Fsp3) is 0.518. The number of benzene rings is 3. The molecule has 7 rings (SSSR count). The third-order valence-corrected chi connectivity index (χ3v) is 16.0. The maximum atomic E-state index is 15.2. The van der Waals surface area contributed by atoms with E-state index in [2.05, 4.69) is 16.2 Å². The van der Waals surface area contributed by atoms with E-state index >= 15 is 14.4 Å². The minimum atomic E-state index is -2.49. The molecular weight excluding hydrogens is 1050 g/mol. The topological polar surface area (TPSA) is 304 Å². The molecule has 1 saturated heterocycles. The number of aliphatic hydroxyl groups excluding tert-OH is 1. The van der Waals surface area contributed by atoms with Crippen molar-refractivity contribution in [3.63, 3.8) is 0 Å². The first-order valence-corrected chi connectivity index (χ1v) is 27.0. The molecule has 1 aliphatic heterocycles. The summed E-state index contributed by atoms with van der Waals surface area (Å²) < 4.78 is 46.7. The Bertz CT molecular complexity index is 2790. The minimum absolute atomic E-state index is 0.0195. The van der Waals surface area contributed by atoms with Crippen LogP contribution in [-0.2, 0) is 57.1 Å². The van der Waals surface area contributed by atoms with Gasteiger partial charge in [0.2, 0.25) is 17.7 Å². The highest BCUT2D eigenvalue weighted by Gasteiger charge is 2.79. The number of ketones is 2. The van der Waals surface area contributed by atoms with Crippen molar-refractivity contribution in [3.8, 4) is 5.75 Å². The summed E-state index contributed by atoms with van der Waals surface area (Å²) in [5.74, 6) is -10.9. The Labute approximate surface area is 460 Å². The summed E-state index contributed by atoms with van der Waals surface area (Å²) in [7, 11) is 0. The number of ether oxygens (including phenoxy) is 8. The third-order valence-electron chi connectivity index (χ3n) is 15.4. The number of rotatable bonds is 16. The second kappa shape index (κ2) is 23.7. The molecule has 79 heavy (non-hydrogen) atoms. The number of Topliss-reactive ketones (excluding diaryl/α,β-unsaturated/α-hetero) is 2. The molecule has 0 radical (unpaired) electrons. The highest BCUT2D eigenvalue weighted by Crippen LogP contribution is 2.64. The summed E-state index contributed by atoms with van der Waals surface area (Å²) in [5, 5.41) is 28.4. The molecule has 1 heterocycles. The van der Waals surface area contributed by atoms with Gasteiger partial charge in [0.25, 0.3) is 5.91 Å². The van der Waals surface area contributed by atoms with Gasteiger partial charge in [0.1, 0.15) is 47.9 Å². The van der Waals surface area contributed by atoms with Crippen molar-refractivity contribution in [1.29, 1.82) is 0 Å². The van der Waals surface area contributed by atoms with Gasteiger partial charge in [0.15, 0.2) is 12.2 Å². The van der Waals surface area contributed by atoms with Crippen LogP contribution >= 0.6 is 11.8 Å². The van der Waals surface area contributed by atoms with Crippen LogP contribution in [-0.4, -0.2) is 143 Å². The van der Waals surface area contributed by atoms with Gasteiger partial charge in [-0.3, -0.25) is 24.6 Å². The summed E-state index contributed by atoms with van der Waals surface area (Å²) >= 11 is 1.47. The van der Waals surface area contributed by atoms with Crippen molar-refractivity contribution in [2.24, 2.45) is 28.6 Å². The number of carbonyl (C=O) groups is 9. The van der Waals surface area contributed by atoms with Crippen molar-refractivity contribution < 1.29 is 91.3 Å². The first-order valence-electron chi connectivity index (χ1n) is 25.6. The van der Waals surface area contributed by atoms with Crippen LogP contribution in [0.1, 0.15) is 101 Å². The molecule has 4 aliphatic rings. The van der Waals surface area contributed by atoms with Crippen LogP contribution in [0, 0.1) is 28.6 Å². The van der Waals surface area contributed by atoms with Crippen molar-refractivity contribution in [3.05, 3.63) is 102 Å². The van der Waals surface area contributed by atoms with Crippen LogP contribution < -0.4 is 20.9 Å². The number of aliphatic hydroxyl groups is 2. The number of thioether (sulfide) groups is 1. The SMILES string of the molecule is CSCCOC(=O)NNC(=O)c1ccc(OCC(=O)O[C@@H](C(=O)O[C@H]2C[C@@]3(O)[C@@H](OC(=O)c4ccccc4)[C@@H]4[C@]5(OC(C)=O)CO[C@@H]5C[C@H](O)[C@@]4(C)C(=O)C(=O)C(C2C)C3(C)C)[C@@H](NC(=O)OC(C)(C)C)c2ccccc2)cc1. The fourth-order valence-corrected chi connectivity index (χ4v) is 11.7. The highest BCUT2D eigenvalue weighted by atomic mass is 32.2. The summed E-state index contributed by atoms with van der Waals surface area (Å²) in [6, 6.07) is 19.4. The summed E-state index contributed by atoms with van der Waals surface area (Å²) in [6.45, 7) is 10.7. The number of carbonyl (C=O) groups excluding carboxylic acids is 9. The molecular formula is C56H67N3O19S. The van der Waals surface area contributed by atoms with Crippen molar-refractivity contribution in [2.75, 3.05) is 31.8 Å². The van der Waals surface area contributed by atoms with Gasteiger partial charge >= 0.3 is 36.1 Å². The summed E-state index contributed by atoms with van der Waals surface area (Å²) in [5.41, 5.74) is -4.62. The van der Waals surface area contributed by atoms with Crippen LogP contribution in [0.3, 0.4) is 0 Å². The first kappa shape index (κ1) is 59.6. The predicted molar refractivity (Wildman–Crippen MR) is 279 cm³/mol. The van der Waals surface area contributed by atoms with E-state index in [1.165, 1.54) is 88.0 Å². The zero-order valence-electron chi connectivity index (χ0n) is 45.3. The van der Waals surface area contributed by atoms with E-state index in [0.29, 0.717) is 5.75 Å². The zero-order chi connectivity index (χ0) is 57.8. The van der Waals surface area contributed by atoms with E-state index in [9.17, 15) is 39.0 Å². The second-order valence-electron chi connectivity index (χ2n) is 21.9. The van der Waals surface area contributed by atoms with Gasteiger partial charge in [0, 0.05) is 48.3 Å². The lowest BCUT2D eigenvalue weighted by Gasteiger charge is -2.67. The molecule has 2 unspecified atom stereocenters. The lowest BCUT2D eigenvalue weighted by molar-refractivity contribution is -0.350. The average Bonchev–Trinajstić information content (AvgIpc) is 2.09. The lowest BCUT2D eigenvalue weighted by Crippen LogP contribution is -2.82. The number of hydrogen-bond acceptors (Lipinski definition) is 20. The van der Waals surface area contributed by atoms with Gasteiger partial charge in [-0.25, -0.2) is 29.4 Å². The van der Waals surface area contributed by atoms with Gasteiger partial charge in [-0.2, -0.15) is 11.8 Å². The van der Waals surface area contributed by atoms with Gasteiger partial charge in [0.05, 0.1) is 29.6 Å². The largest absolute Gasteiger partial charge is 0.482 e. The molecule has 0 aromatic heterocycles. The van der Waals surface area contributed by atoms with Crippen LogP contribution in [0.5, 0.6) is 5.75 Å². The molecule has 4 fully saturated rings. The quantitative estimate of drug-likeness (QED) is 0.0424. The third kappa shape index (κ3) is 12.2. The molecule has 12 atom stereocenters. The maximum absolute atomic E-state index is 15.2. The van der Waals surface area contributed by atoms with E-state index in [1.54, 1.807) is 57.2 Å². The number of amides is 3. The molecule has 5 N–H and O–H groups in total. The fourth-order valence-electron chi connectivity index (χ4n) is 11.4. The second-order valence-corrected chi connectivity index (χ2v) is 22.9. The molecule has 3 aromatic rings. The summed E-state index contributed by atoms with van der Waals surface area (Å²) in [6.07, 6.45) is -9.27. The van der Waals surface area contributed by atoms with Crippen molar-refractivity contribution in [1.82, 2.24) is 16.2 Å². The molecule has 3 saturated carbocycles. The normalized spacial score (nSPS) is 28.4. The van der Waals surface area contributed by atoms with Gasteiger partial charge in [-0.15, -0.1) is 0 Å². The molecule has 2 bridgehead atoms. The van der Waals surface area contributed by atoms with E-state index in [0.717, 1.165) is 6.92 Å². The number of nitrogens with one attached hydrogen (secondary N) is 3. The van der Waals surface area contributed by atoms with Crippen LogP contribution in [0.2, 0.25) is 0 Å². The Balaban J connectivity index is 1.25. The molecule has 3 aliphatic carbocycles. The molecule has 0 spiro atoms. The Morgan fingerprint density at radius 3 is 2.10 bits per heavy atom. The number of hydrazine groups is 1. The molecule has 23 heteroatoms. The van der Waals surface area contributed by atoms with E-state index in [-0.39, 0.29) is 42.1 Å². The van der Waals surface area contributed by atoms with Crippen molar-refractivity contribution in [2.45, 2.75) is 122 Å². The van der Waals surface area contributed by atoms with Gasteiger partial charge in [-0.1, -0.05) is 69.3 Å². The van der Waals surface area contributed by atoms with E-state index in [1.807, 2.05) is 6.26 Å². The highest BCUT2D eigenvalue weighted by molar-refractivity contribution is 7.98. The Hall–Kier alpha value is -7.08. The molecule has 426 valence electrons. The number of hydrogen-bond donors (Lipinski definition) is 5. The van der Waals surface area contributed by atoms with Gasteiger partial charge in [-0.05, 0) is 75.9 Å². The standard InChI is InChI=1S/C56H67N3O19S/c1-30-36(27-56(70)46(76-48(66)34-18-14-11-15-19-34)44-54(8,45(64)42(63)40(30)53(56,6)7)37(61)26-38-55(44,29-73-38)77-31(2)60)74-49(67)43(41(32-16-12-10-13-17-32)57-50(68)78-52(3,4)5)75-39(62)28-72-35-22-20-33(21-23-35)47(65)58-59-51(69)71-24-25-79-9/h10-23,30,36-38,40-41,43-44,46,61,70H,24-29H2,1-9H3,(H,57,68)(H,58,65)(H,59,69)/t30?,36-,37-,38+,40?,41-,43+,44-,46-,54+,55-,56+/m0/s1. The predicted octanol–water partition coefficient (Wildman–Crippen LogP) is 4.77. The Morgan fingerprint density at radius 2 is 1.51 bits per heavy atom. The molecule has 3 amide bonds. The minimum Gasteiger partial charge on any atom is -0.482 e. The van der Waals surface area contributed by atoms with Gasteiger partial charge < -0.3 is 53.4 Å². The smallest absolute Gasteiger partial charge is 0.426 e. The lowest BCUT2D eigenvalue weighted by atomic mass is 9.42. The first-order chi connectivity index (χ1) is 37.2. The van der Waals surface area contributed by atoms with Crippen LogP contribution in [0.4, 0.5) is 9.59 Å². The average molecular weight is 1120 g/mol. The summed E-state index contributed by atoms with van der Waals surface area (Å²) in [4.78, 5) is 125. The van der Waals surface area contributed by atoms with Crippen molar-refractivity contribution >= 4 is 65.3 Å². The Kier molecular flexibility index (Phi) is 17.9. The number of fused-ring (bicyclic) bond motifs is 5.